The third-order valence-electron chi connectivity index (χ3n) is 13.7. The number of nitrogens with zero attached hydrogens (tertiary/aromatic N) is 1. The smallest absolute Gasteiger partial charge is 0.326 e. The Morgan fingerprint density at radius 3 is 1.34 bits per heavy atom. The van der Waals surface area contributed by atoms with Gasteiger partial charge in [-0.15, -0.1) is 0 Å². The molecule has 1 aliphatic rings. The molecule has 0 saturated carbocycles. The Morgan fingerprint density at radius 2 is 0.935 bits per heavy atom. The first kappa shape index (κ1) is 82.0. The molecular formula is C52H87N17O23S. The van der Waals surface area contributed by atoms with Gasteiger partial charge in [-0.1, -0.05) is 20.3 Å². The van der Waals surface area contributed by atoms with Gasteiger partial charge in [0.15, 0.2) is 5.96 Å². The van der Waals surface area contributed by atoms with Gasteiger partial charge in [0.05, 0.1) is 45.1 Å². The Hall–Kier alpha value is -9.06. The number of carboxylic acids is 4. The number of carbonyl (C=O) groups excluding carboxylic acids is 12. The highest BCUT2D eigenvalue weighted by Gasteiger charge is 2.41. The van der Waals surface area contributed by atoms with Crippen LogP contribution in [0.5, 0.6) is 0 Å². The van der Waals surface area contributed by atoms with Crippen LogP contribution in [-0.2, 0) is 76.7 Å². The number of aliphatic hydroxyl groups is 3. The van der Waals surface area contributed by atoms with Gasteiger partial charge >= 0.3 is 23.9 Å². The number of hydrogen-bond acceptors (Lipinski definition) is 23. The van der Waals surface area contributed by atoms with Gasteiger partial charge < -0.3 is 122 Å². The molecule has 0 aromatic carbocycles. The molecule has 93 heavy (non-hydrogen) atoms. The summed E-state index contributed by atoms with van der Waals surface area (Å²) in [5, 5.41) is 99.5. The van der Waals surface area contributed by atoms with Crippen LogP contribution in [0.1, 0.15) is 97.3 Å². The summed E-state index contributed by atoms with van der Waals surface area (Å²) in [6.07, 6.45) is -3.21. The zero-order valence-electron chi connectivity index (χ0n) is 51.0. The predicted molar refractivity (Wildman–Crippen MR) is 321 cm³/mol. The maximum Gasteiger partial charge on any atom is 0.326 e. The molecule has 1 rings (SSSR count). The lowest BCUT2D eigenvalue weighted by Gasteiger charge is -2.31. The predicted octanol–water partition coefficient (Wildman–Crippen LogP) is -10.7. The van der Waals surface area contributed by atoms with Crippen LogP contribution in [0.4, 0.5) is 0 Å². The Labute approximate surface area is 536 Å². The molecule has 1 aliphatic heterocycles. The van der Waals surface area contributed by atoms with Crippen molar-refractivity contribution >= 4 is 113 Å². The third kappa shape index (κ3) is 30.3. The molecule has 27 N–H and O–H groups in total. The number of carboxylic acid groups (broad SMARTS) is 4. The van der Waals surface area contributed by atoms with Crippen LogP contribution < -0.4 is 81.4 Å². The van der Waals surface area contributed by atoms with Crippen LogP contribution in [0.15, 0.2) is 0 Å². The quantitative estimate of drug-likeness (QED) is 0.0116. The molecule has 0 radical (unpaired) electrons. The lowest BCUT2D eigenvalue weighted by molar-refractivity contribution is -0.146. The van der Waals surface area contributed by atoms with Crippen LogP contribution in [0.2, 0.25) is 0 Å². The average Bonchev–Trinajstić information content (AvgIpc) is 1.82. The molecule has 1 heterocycles. The minimum atomic E-state index is -2.11. The number of thiol groups is 1. The van der Waals surface area contributed by atoms with Crippen molar-refractivity contribution in [3.8, 4) is 0 Å². The van der Waals surface area contributed by atoms with E-state index in [2.05, 4.69) is 49.8 Å². The lowest BCUT2D eigenvalue weighted by atomic mass is 10.0. The summed E-state index contributed by atoms with van der Waals surface area (Å²) in [7, 11) is 0. The molecule has 12 amide bonds. The lowest BCUT2D eigenvalue weighted by Crippen LogP contribution is -2.62. The van der Waals surface area contributed by atoms with Crippen molar-refractivity contribution in [2.45, 2.75) is 170 Å². The summed E-state index contributed by atoms with van der Waals surface area (Å²) in [5.74, 6) is -22.2. The molecule has 41 heteroatoms. The summed E-state index contributed by atoms with van der Waals surface area (Å²) in [5.41, 5.74) is 22.1. The summed E-state index contributed by atoms with van der Waals surface area (Å²) < 4.78 is 0. The van der Waals surface area contributed by atoms with Crippen LogP contribution in [-0.4, -0.2) is 259 Å². The summed E-state index contributed by atoms with van der Waals surface area (Å²) >= 11 is 4.03. The first-order valence-electron chi connectivity index (χ1n) is 29.1. The Balaban J connectivity index is 3.28. The van der Waals surface area contributed by atoms with Gasteiger partial charge in [-0.3, -0.25) is 77.3 Å². The summed E-state index contributed by atoms with van der Waals surface area (Å²) in [6, 6.07) is -21.1. The number of guanidine groups is 1. The van der Waals surface area contributed by atoms with Crippen LogP contribution in [0, 0.1) is 11.3 Å². The molecule has 1 fully saturated rings. The van der Waals surface area contributed by atoms with Crippen LogP contribution in [0.3, 0.4) is 0 Å². The molecule has 40 nitrogen and oxygen atoms in total. The number of primary amides is 1. The molecule has 0 unspecified atom stereocenters. The number of aliphatic carboxylic acids is 4. The molecule has 0 spiro atoms. The van der Waals surface area contributed by atoms with E-state index in [1.165, 1.54) is 0 Å². The van der Waals surface area contributed by atoms with Crippen molar-refractivity contribution < 1.29 is 112 Å². The van der Waals surface area contributed by atoms with E-state index in [-0.39, 0.29) is 57.5 Å². The van der Waals surface area contributed by atoms with E-state index in [0.29, 0.717) is 19.4 Å². The number of aliphatic hydroxyl groups excluding tert-OH is 3. The summed E-state index contributed by atoms with van der Waals surface area (Å²) in [6.45, 7) is -0.279. The number of nitrogens with two attached hydrogens (primary N) is 4. The topological polar surface area (TPSA) is 678 Å². The maximum atomic E-state index is 14.0. The van der Waals surface area contributed by atoms with Crippen LogP contribution >= 0.6 is 12.6 Å². The number of hydrogen-bond donors (Lipinski definition) is 24. The van der Waals surface area contributed by atoms with Crippen molar-refractivity contribution in [3.05, 3.63) is 0 Å². The fourth-order valence-corrected chi connectivity index (χ4v) is 9.10. The van der Waals surface area contributed by atoms with Gasteiger partial charge in [0.2, 0.25) is 70.9 Å². The highest BCUT2D eigenvalue weighted by atomic mass is 32.1. The molecule has 0 bridgehead atoms. The fourth-order valence-electron chi connectivity index (χ4n) is 8.84. The highest BCUT2D eigenvalue weighted by Crippen LogP contribution is 2.21. The van der Waals surface area contributed by atoms with Crippen molar-refractivity contribution in [2.75, 3.05) is 45.2 Å². The van der Waals surface area contributed by atoms with Crippen molar-refractivity contribution in [3.63, 3.8) is 0 Å². The van der Waals surface area contributed by atoms with Crippen molar-refractivity contribution in [1.29, 1.82) is 5.41 Å². The Morgan fingerprint density at radius 1 is 0.516 bits per heavy atom. The molecule has 524 valence electrons. The molecule has 0 aliphatic carbocycles. The molecule has 1 saturated heterocycles. The van der Waals surface area contributed by atoms with E-state index in [9.17, 15) is 107 Å². The van der Waals surface area contributed by atoms with Gasteiger partial charge in [-0.2, -0.15) is 12.6 Å². The van der Waals surface area contributed by atoms with Crippen molar-refractivity contribution in [1.82, 2.24) is 63.4 Å². The number of amides is 12. The molecule has 0 aromatic rings. The van der Waals surface area contributed by atoms with Gasteiger partial charge in [0.1, 0.15) is 66.5 Å². The number of likely N-dealkylation sites (tertiary alicyclic amines) is 1. The van der Waals surface area contributed by atoms with Gasteiger partial charge in [-0.25, -0.2) is 4.79 Å². The zero-order valence-corrected chi connectivity index (χ0v) is 51.9. The first-order chi connectivity index (χ1) is 43.6. The normalized spacial score (nSPS) is 16.2. The first-order valence-corrected chi connectivity index (χ1v) is 29.8. The second kappa shape index (κ2) is 42.2. The van der Waals surface area contributed by atoms with Crippen LogP contribution in [0.25, 0.3) is 0 Å². The van der Waals surface area contributed by atoms with Gasteiger partial charge in [0.25, 0.3) is 0 Å². The second-order valence-corrected chi connectivity index (χ2v) is 22.0. The van der Waals surface area contributed by atoms with E-state index in [1.807, 2.05) is 21.3 Å². The van der Waals surface area contributed by atoms with E-state index < -0.39 is 231 Å². The fraction of sp³-hybridized carbons (Fsp3) is 0.673. The average molecular weight is 1350 g/mol. The highest BCUT2D eigenvalue weighted by molar-refractivity contribution is 7.80. The molecule has 0 aromatic heterocycles. The maximum absolute atomic E-state index is 14.0. The van der Waals surface area contributed by atoms with Crippen molar-refractivity contribution in [2.24, 2.45) is 28.9 Å². The largest absolute Gasteiger partial charge is 0.481 e. The Kier molecular flexibility index (Phi) is 37.1. The van der Waals surface area contributed by atoms with Gasteiger partial charge in [-0.05, 0) is 63.8 Å². The molecule has 12 atom stereocenters. The number of carbonyl (C=O) groups is 16. The monoisotopic (exact) mass is 1350 g/mol. The number of rotatable bonds is 45. The third-order valence-corrected chi connectivity index (χ3v) is 14.0. The van der Waals surface area contributed by atoms with E-state index >= 15 is 0 Å². The Bertz CT molecular complexity index is 2680. The van der Waals surface area contributed by atoms with E-state index in [1.54, 1.807) is 13.8 Å². The van der Waals surface area contributed by atoms with E-state index in [0.717, 1.165) is 4.90 Å². The standard InChI is InChI=1S/C52H87N17O23S/c1-23(2)15-30(50(90)69-14-6-9-35(69)49(89)60-26(51(91)92)10-11-37(74)75)64-43(83)28(17-38(76)77)63-48(88)34(22-93)68-47(87)33(21-72)65-42(82)27(16-36(55)73)61-45(85)31(19-70)67-46(86)32(20-71)66-44(84)29(18-39(78)79)62-41(81)25(8-5-13-58-52(56)57)59-40(80)24(54)7-3-4-12-53/h23-35,70-72,93H,3-22,53-54H2,1-2H3,(H2,55,73)(H,59,80)(H,60,89)(H,61,85)(H,62,81)(H,63,88)(H,64,83)(H,65,82)(H,66,84)(H,67,86)(H,68,87)(H,74,75)(H,76,77)(H,78,79)(H,91,92)(H4,56,57,58)/t24-,25-,26-,27-,28-,29-,30-,31-,32-,33-,34-,35-/m0/s1. The van der Waals surface area contributed by atoms with E-state index in [4.69, 9.17) is 33.5 Å². The summed E-state index contributed by atoms with van der Waals surface area (Å²) in [4.78, 5) is 209. The molecular weight excluding hydrogens is 1260 g/mol. The minimum absolute atomic E-state index is 0.0315. The minimum Gasteiger partial charge on any atom is -0.481 e. The number of nitrogens with one attached hydrogen (secondary N) is 12. The number of unbranched alkanes of at least 4 members (excludes halogenated alkanes) is 1. The van der Waals surface area contributed by atoms with Gasteiger partial charge in [0, 0.05) is 25.3 Å². The second-order valence-electron chi connectivity index (χ2n) is 21.7. The zero-order chi connectivity index (χ0) is 70.8. The SMILES string of the molecule is CC(C)C[C@H](NC(=O)[C@H](CC(=O)O)NC(=O)[C@H](CS)NC(=O)[C@H](CO)NC(=O)[C@H](CC(N)=O)NC(=O)[C@H](CO)NC(=O)[C@H](CO)NC(=O)[C@H](CC(=O)O)NC(=O)[C@H](CCCNC(=N)N)NC(=O)[C@@H](N)CCCCN)C(=O)N1CCC[C@H]1C(=O)N[C@@H](CCC(=O)O)C(=O)O.